The summed E-state index contributed by atoms with van der Waals surface area (Å²) in [6, 6.07) is 0. The van der Waals surface area contributed by atoms with Gasteiger partial charge in [-0.05, 0) is 39.0 Å². The number of hydrogen-bond donors (Lipinski definition) is 3. The van der Waals surface area contributed by atoms with Crippen LogP contribution in [0.3, 0.4) is 0 Å². The monoisotopic (exact) mass is 373 g/mol. The number of piperidine rings is 1. The number of carbonyl (C=O) groups is 1. The number of hydrogen-bond acceptors (Lipinski definition) is 5. The quantitative estimate of drug-likeness (QED) is 0.674. The first-order valence-corrected chi connectivity index (χ1v) is 10.7. The molecule has 2 fully saturated rings. The van der Waals surface area contributed by atoms with Gasteiger partial charge >= 0.3 is 0 Å². The molecule has 1 saturated heterocycles. The Kier molecular flexibility index (Phi) is 7.33. The number of nitrogens with zero attached hydrogens (tertiary/aromatic N) is 2. The molecular formula is C21H35N5O. The van der Waals surface area contributed by atoms with Crippen molar-refractivity contribution in [2.24, 2.45) is 5.92 Å². The summed E-state index contributed by atoms with van der Waals surface area (Å²) in [5, 5.41) is 3.24. The second kappa shape index (κ2) is 9.93. The summed E-state index contributed by atoms with van der Waals surface area (Å²) in [5.41, 5.74) is 9.15. The average Bonchev–Trinajstić information content (AvgIpc) is 2.64. The van der Waals surface area contributed by atoms with Crippen LogP contribution in [-0.4, -0.2) is 31.0 Å². The Morgan fingerprint density at radius 1 is 1.04 bits per heavy atom. The molecule has 0 unspecified atom stereocenters. The van der Waals surface area contributed by atoms with Gasteiger partial charge < -0.3 is 15.6 Å². The lowest BCUT2D eigenvalue weighted by Gasteiger charge is -2.32. The van der Waals surface area contributed by atoms with Gasteiger partial charge in [0.05, 0.1) is 17.6 Å². The van der Waals surface area contributed by atoms with E-state index in [1.165, 1.54) is 51.4 Å². The molecule has 0 bridgehead atoms. The van der Waals surface area contributed by atoms with E-state index in [1.807, 2.05) is 13.2 Å². The Morgan fingerprint density at radius 2 is 1.67 bits per heavy atom. The van der Waals surface area contributed by atoms with E-state index in [0.717, 1.165) is 48.7 Å². The van der Waals surface area contributed by atoms with Gasteiger partial charge in [0.15, 0.2) is 0 Å². The topological polar surface area (TPSA) is 69.3 Å². The summed E-state index contributed by atoms with van der Waals surface area (Å²) in [5.74, 6) is 1.13. The molecule has 27 heavy (non-hydrogen) atoms. The number of carbonyl (C=O) groups excluding carboxylic acids is 1. The third-order valence-corrected chi connectivity index (χ3v) is 5.94. The number of nitrogens with one attached hydrogen (secondary N) is 3. The van der Waals surface area contributed by atoms with E-state index >= 15 is 0 Å². The Balaban J connectivity index is 1.82. The molecule has 0 aromatic carbocycles. The van der Waals surface area contributed by atoms with Crippen molar-refractivity contribution >= 4 is 23.1 Å². The standard InChI is InChI=1S/C21H35N5O/c1-16-19(26-13-9-6-10-14-26)18(15-23-20(16)25-22-2)24-21(27)17-11-7-4-3-5-8-12-17/h15,17,22H,3-14H2,1-2H3,(H,23,25)(H,24,27). The van der Waals surface area contributed by atoms with Crippen molar-refractivity contribution < 1.29 is 4.79 Å². The maximum atomic E-state index is 13.0. The summed E-state index contributed by atoms with van der Waals surface area (Å²) >= 11 is 0. The van der Waals surface area contributed by atoms with E-state index in [2.05, 4.69) is 33.0 Å². The Hall–Kier alpha value is -1.82. The van der Waals surface area contributed by atoms with Crippen LogP contribution >= 0.6 is 0 Å². The van der Waals surface area contributed by atoms with Crippen molar-refractivity contribution in [2.75, 3.05) is 35.8 Å². The van der Waals surface area contributed by atoms with E-state index in [1.54, 1.807) is 0 Å². The van der Waals surface area contributed by atoms with Crippen molar-refractivity contribution in [2.45, 2.75) is 71.1 Å². The predicted octanol–water partition coefficient (Wildman–Crippen LogP) is 4.23. The van der Waals surface area contributed by atoms with E-state index in [9.17, 15) is 4.79 Å². The number of rotatable bonds is 5. The lowest BCUT2D eigenvalue weighted by molar-refractivity contribution is -0.120. The van der Waals surface area contributed by atoms with Gasteiger partial charge in [-0.15, -0.1) is 0 Å². The maximum absolute atomic E-state index is 13.0. The summed E-state index contributed by atoms with van der Waals surface area (Å²) in [6.07, 6.45) is 13.7. The van der Waals surface area contributed by atoms with Gasteiger partial charge in [-0.1, -0.05) is 32.1 Å². The predicted molar refractivity (Wildman–Crippen MR) is 112 cm³/mol. The average molecular weight is 374 g/mol. The molecule has 3 rings (SSSR count). The number of pyridine rings is 1. The molecule has 0 radical (unpaired) electrons. The maximum Gasteiger partial charge on any atom is 0.227 e. The van der Waals surface area contributed by atoms with Crippen molar-refractivity contribution in [1.82, 2.24) is 10.4 Å². The number of anilines is 3. The smallest absolute Gasteiger partial charge is 0.227 e. The summed E-state index contributed by atoms with van der Waals surface area (Å²) < 4.78 is 0. The normalized spacial score (nSPS) is 19.3. The molecule has 1 aliphatic heterocycles. The molecule has 6 nitrogen and oxygen atoms in total. The van der Waals surface area contributed by atoms with Crippen LogP contribution in [0.1, 0.15) is 69.8 Å². The fraction of sp³-hybridized carbons (Fsp3) is 0.714. The molecule has 150 valence electrons. The molecule has 3 N–H and O–H groups in total. The Labute approximate surface area is 163 Å². The second-order valence-corrected chi connectivity index (χ2v) is 7.95. The van der Waals surface area contributed by atoms with Gasteiger partial charge in [-0.25, -0.2) is 10.4 Å². The van der Waals surface area contributed by atoms with E-state index in [0.29, 0.717) is 0 Å². The second-order valence-electron chi connectivity index (χ2n) is 7.95. The van der Waals surface area contributed by atoms with Crippen LogP contribution < -0.4 is 21.1 Å². The zero-order valence-corrected chi connectivity index (χ0v) is 16.9. The van der Waals surface area contributed by atoms with Crippen LogP contribution in [-0.2, 0) is 4.79 Å². The highest BCUT2D eigenvalue weighted by molar-refractivity contribution is 5.96. The minimum absolute atomic E-state index is 0.134. The largest absolute Gasteiger partial charge is 0.369 e. The minimum atomic E-state index is 0.134. The Morgan fingerprint density at radius 3 is 2.33 bits per heavy atom. The fourth-order valence-corrected chi connectivity index (χ4v) is 4.42. The third kappa shape index (κ3) is 5.12. The van der Waals surface area contributed by atoms with Crippen molar-refractivity contribution in [3.63, 3.8) is 0 Å². The van der Waals surface area contributed by atoms with Gasteiger partial charge in [-0.3, -0.25) is 4.79 Å². The molecule has 6 heteroatoms. The molecule has 1 aromatic rings. The van der Waals surface area contributed by atoms with Gasteiger partial charge in [-0.2, -0.15) is 0 Å². The van der Waals surface area contributed by atoms with E-state index < -0.39 is 0 Å². The lowest BCUT2D eigenvalue weighted by atomic mass is 9.90. The molecule has 2 aliphatic rings. The molecule has 0 spiro atoms. The summed E-state index contributed by atoms with van der Waals surface area (Å²) in [4.78, 5) is 20.0. The number of hydrazine groups is 1. The summed E-state index contributed by atoms with van der Waals surface area (Å²) in [6.45, 7) is 4.16. The first kappa shape index (κ1) is 19.9. The summed E-state index contributed by atoms with van der Waals surface area (Å²) in [7, 11) is 1.84. The molecule has 2 heterocycles. The first-order chi connectivity index (χ1) is 13.2. The van der Waals surface area contributed by atoms with Crippen LogP contribution in [0.25, 0.3) is 0 Å². The molecule has 1 amide bonds. The molecule has 1 saturated carbocycles. The van der Waals surface area contributed by atoms with Crippen LogP contribution in [0.2, 0.25) is 0 Å². The van der Waals surface area contributed by atoms with Gasteiger partial charge in [0.2, 0.25) is 5.91 Å². The zero-order chi connectivity index (χ0) is 19.1. The minimum Gasteiger partial charge on any atom is -0.369 e. The lowest BCUT2D eigenvalue weighted by Crippen LogP contribution is -2.32. The van der Waals surface area contributed by atoms with Gasteiger partial charge in [0.1, 0.15) is 5.82 Å². The molecular weight excluding hydrogens is 338 g/mol. The first-order valence-electron chi connectivity index (χ1n) is 10.7. The highest BCUT2D eigenvalue weighted by Gasteiger charge is 2.24. The van der Waals surface area contributed by atoms with Crippen molar-refractivity contribution in [1.29, 1.82) is 0 Å². The highest BCUT2D eigenvalue weighted by atomic mass is 16.1. The fourth-order valence-electron chi connectivity index (χ4n) is 4.42. The van der Waals surface area contributed by atoms with E-state index in [-0.39, 0.29) is 11.8 Å². The zero-order valence-electron chi connectivity index (χ0n) is 16.9. The number of aromatic nitrogens is 1. The highest BCUT2D eigenvalue weighted by Crippen LogP contribution is 2.35. The van der Waals surface area contributed by atoms with Crippen LogP contribution in [0.4, 0.5) is 17.2 Å². The van der Waals surface area contributed by atoms with Crippen LogP contribution in [0.5, 0.6) is 0 Å². The Bertz CT molecular complexity index is 619. The molecule has 1 aromatic heterocycles. The third-order valence-electron chi connectivity index (χ3n) is 5.94. The number of amides is 1. The van der Waals surface area contributed by atoms with Crippen molar-refractivity contribution in [3.8, 4) is 0 Å². The van der Waals surface area contributed by atoms with E-state index in [4.69, 9.17) is 0 Å². The molecule has 0 atom stereocenters. The molecule has 1 aliphatic carbocycles. The SMILES string of the molecule is CNNc1ncc(NC(=O)C2CCCCCCC2)c(N2CCCCC2)c1C. The van der Waals surface area contributed by atoms with Crippen LogP contribution in [0, 0.1) is 12.8 Å². The van der Waals surface area contributed by atoms with Crippen molar-refractivity contribution in [3.05, 3.63) is 11.8 Å². The van der Waals surface area contributed by atoms with Gasteiger partial charge in [0.25, 0.3) is 0 Å². The van der Waals surface area contributed by atoms with Crippen LogP contribution in [0.15, 0.2) is 6.20 Å². The van der Waals surface area contributed by atoms with Gasteiger partial charge in [0, 0.05) is 31.6 Å².